The molecule has 1 amide bonds. The zero-order valence-corrected chi connectivity index (χ0v) is 9.71. The van der Waals surface area contributed by atoms with E-state index in [1.165, 1.54) is 0 Å². The molecule has 96 valence electrons. The molecule has 6 nitrogen and oxygen atoms in total. The lowest BCUT2D eigenvalue weighted by atomic mass is 9.90. The summed E-state index contributed by atoms with van der Waals surface area (Å²) >= 11 is 0. The van der Waals surface area contributed by atoms with E-state index in [0.29, 0.717) is 5.56 Å². The number of aliphatic carboxylic acids is 2. The van der Waals surface area contributed by atoms with Crippen LogP contribution < -0.4 is 5.32 Å². The molecular weight excluding hydrogens is 238 g/mol. The first-order chi connectivity index (χ1) is 8.38. The Labute approximate surface area is 103 Å². The Balaban J connectivity index is 3.14. The number of carboxylic acid groups (broad SMARTS) is 2. The van der Waals surface area contributed by atoms with Crippen LogP contribution in [0.4, 0.5) is 0 Å². The van der Waals surface area contributed by atoms with E-state index in [4.69, 9.17) is 10.2 Å². The highest BCUT2D eigenvalue weighted by Gasteiger charge is 2.47. The molecule has 0 aliphatic heterocycles. The number of amides is 1. The van der Waals surface area contributed by atoms with Gasteiger partial charge in [-0.05, 0) is 5.56 Å². The van der Waals surface area contributed by atoms with Gasteiger partial charge in [0.15, 0.2) is 0 Å². The lowest BCUT2D eigenvalue weighted by Gasteiger charge is -2.25. The number of hydrogen-bond donors (Lipinski definition) is 3. The molecule has 0 bridgehead atoms. The SMILES string of the molecule is CC(=O)NC(Cc1ccccc1)(C(=O)O)C(=O)O. The zero-order chi connectivity index (χ0) is 13.8. The van der Waals surface area contributed by atoms with Gasteiger partial charge >= 0.3 is 11.9 Å². The molecule has 6 heteroatoms. The molecule has 3 N–H and O–H groups in total. The zero-order valence-electron chi connectivity index (χ0n) is 9.71. The topological polar surface area (TPSA) is 104 Å². The van der Waals surface area contributed by atoms with E-state index >= 15 is 0 Å². The van der Waals surface area contributed by atoms with Crippen molar-refractivity contribution in [1.82, 2.24) is 5.32 Å². The van der Waals surface area contributed by atoms with Crippen LogP contribution in [0.15, 0.2) is 30.3 Å². The summed E-state index contributed by atoms with van der Waals surface area (Å²) in [6.07, 6.45) is -0.321. The van der Waals surface area contributed by atoms with Crippen LogP contribution in [0.1, 0.15) is 12.5 Å². The molecule has 0 unspecified atom stereocenters. The summed E-state index contributed by atoms with van der Waals surface area (Å²) in [6, 6.07) is 8.26. The molecule has 0 aliphatic rings. The average Bonchev–Trinajstić information content (AvgIpc) is 2.28. The normalized spacial score (nSPS) is 10.7. The lowest BCUT2D eigenvalue weighted by molar-refractivity contribution is -0.161. The minimum atomic E-state index is -2.34. The van der Waals surface area contributed by atoms with Crippen molar-refractivity contribution in [1.29, 1.82) is 0 Å². The second kappa shape index (κ2) is 5.31. The van der Waals surface area contributed by atoms with E-state index in [2.05, 4.69) is 0 Å². The second-order valence-electron chi connectivity index (χ2n) is 3.86. The van der Waals surface area contributed by atoms with Gasteiger partial charge in [0, 0.05) is 13.3 Å². The molecule has 18 heavy (non-hydrogen) atoms. The fourth-order valence-corrected chi connectivity index (χ4v) is 1.60. The molecule has 1 rings (SSSR count). The van der Waals surface area contributed by atoms with Gasteiger partial charge in [-0.25, -0.2) is 9.59 Å². The van der Waals surface area contributed by atoms with E-state index in [-0.39, 0.29) is 6.42 Å². The number of nitrogens with one attached hydrogen (secondary N) is 1. The Morgan fingerprint density at radius 2 is 1.61 bits per heavy atom. The molecule has 0 saturated heterocycles. The summed E-state index contributed by atoms with van der Waals surface area (Å²) in [5.41, 5.74) is -1.83. The maximum Gasteiger partial charge on any atom is 0.341 e. The van der Waals surface area contributed by atoms with Gasteiger partial charge < -0.3 is 15.5 Å². The van der Waals surface area contributed by atoms with Crippen molar-refractivity contribution < 1.29 is 24.6 Å². The Kier molecular flexibility index (Phi) is 4.04. The highest BCUT2D eigenvalue weighted by atomic mass is 16.4. The number of carbonyl (C=O) groups excluding carboxylic acids is 1. The van der Waals surface area contributed by atoms with Gasteiger partial charge in [0.25, 0.3) is 0 Å². The summed E-state index contributed by atoms with van der Waals surface area (Å²) in [4.78, 5) is 33.4. The van der Waals surface area contributed by atoms with Crippen LogP contribution in [-0.4, -0.2) is 33.6 Å². The van der Waals surface area contributed by atoms with Crippen molar-refractivity contribution >= 4 is 17.8 Å². The van der Waals surface area contributed by atoms with Gasteiger partial charge in [0.1, 0.15) is 0 Å². The Morgan fingerprint density at radius 3 is 2.00 bits per heavy atom. The number of rotatable bonds is 5. The average molecular weight is 251 g/mol. The van der Waals surface area contributed by atoms with Crippen molar-refractivity contribution in [3.8, 4) is 0 Å². The molecule has 0 atom stereocenters. The Morgan fingerprint density at radius 1 is 1.11 bits per heavy atom. The Hall–Kier alpha value is -2.37. The van der Waals surface area contributed by atoms with Crippen molar-refractivity contribution in [3.05, 3.63) is 35.9 Å². The monoisotopic (exact) mass is 251 g/mol. The molecule has 0 saturated carbocycles. The van der Waals surface area contributed by atoms with Gasteiger partial charge in [-0.2, -0.15) is 0 Å². The number of hydrogen-bond acceptors (Lipinski definition) is 3. The van der Waals surface area contributed by atoms with Crippen LogP contribution in [0.2, 0.25) is 0 Å². The molecule has 0 heterocycles. The molecule has 1 aromatic carbocycles. The highest BCUT2D eigenvalue weighted by Crippen LogP contribution is 2.15. The third-order valence-corrected chi connectivity index (χ3v) is 2.43. The first-order valence-electron chi connectivity index (χ1n) is 5.18. The first kappa shape index (κ1) is 13.7. The summed E-state index contributed by atoms with van der Waals surface area (Å²) in [7, 11) is 0. The van der Waals surface area contributed by atoms with Crippen molar-refractivity contribution in [2.24, 2.45) is 0 Å². The van der Waals surface area contributed by atoms with Gasteiger partial charge in [0.2, 0.25) is 11.4 Å². The molecule has 0 fully saturated rings. The molecule has 0 aliphatic carbocycles. The fraction of sp³-hybridized carbons (Fsp3) is 0.250. The third-order valence-electron chi connectivity index (χ3n) is 2.43. The smallest absolute Gasteiger partial charge is 0.341 e. The van der Waals surface area contributed by atoms with E-state index in [9.17, 15) is 14.4 Å². The minimum absolute atomic E-state index is 0.321. The summed E-state index contributed by atoms with van der Waals surface area (Å²) in [5.74, 6) is -3.92. The van der Waals surface area contributed by atoms with Crippen LogP contribution in [0.25, 0.3) is 0 Å². The summed E-state index contributed by atoms with van der Waals surface area (Å²) in [5, 5.41) is 20.2. The predicted octanol–water partition coefficient (Wildman–Crippen LogP) is 0.273. The van der Waals surface area contributed by atoms with Crippen molar-refractivity contribution in [2.75, 3.05) is 0 Å². The number of carboxylic acids is 2. The lowest BCUT2D eigenvalue weighted by Crippen LogP contribution is -2.61. The summed E-state index contributed by atoms with van der Waals surface area (Å²) in [6.45, 7) is 1.08. The van der Waals surface area contributed by atoms with Crippen LogP contribution in [0.3, 0.4) is 0 Å². The van der Waals surface area contributed by atoms with Crippen LogP contribution in [0.5, 0.6) is 0 Å². The van der Waals surface area contributed by atoms with Crippen LogP contribution in [0, 0.1) is 0 Å². The molecule has 0 aromatic heterocycles. The quantitative estimate of drug-likeness (QED) is 0.652. The van der Waals surface area contributed by atoms with E-state index in [1.54, 1.807) is 30.3 Å². The molecule has 0 radical (unpaired) electrons. The van der Waals surface area contributed by atoms with Gasteiger partial charge in [-0.3, -0.25) is 4.79 Å². The maximum atomic E-state index is 11.2. The minimum Gasteiger partial charge on any atom is -0.479 e. The first-order valence-corrected chi connectivity index (χ1v) is 5.18. The van der Waals surface area contributed by atoms with E-state index in [1.807, 2.05) is 5.32 Å². The maximum absolute atomic E-state index is 11.2. The molecule has 1 aromatic rings. The van der Waals surface area contributed by atoms with Crippen molar-refractivity contribution in [2.45, 2.75) is 18.9 Å². The second-order valence-corrected chi connectivity index (χ2v) is 3.86. The molecule has 0 spiro atoms. The number of benzene rings is 1. The highest BCUT2D eigenvalue weighted by molar-refractivity contribution is 6.06. The largest absolute Gasteiger partial charge is 0.479 e. The fourth-order valence-electron chi connectivity index (χ4n) is 1.60. The summed E-state index contributed by atoms with van der Waals surface area (Å²) < 4.78 is 0. The third kappa shape index (κ3) is 2.85. The van der Waals surface area contributed by atoms with E-state index < -0.39 is 23.4 Å². The number of carbonyl (C=O) groups is 3. The Bertz CT molecular complexity index is 455. The van der Waals surface area contributed by atoms with E-state index in [0.717, 1.165) is 6.92 Å². The van der Waals surface area contributed by atoms with Crippen LogP contribution >= 0.6 is 0 Å². The van der Waals surface area contributed by atoms with Crippen molar-refractivity contribution in [3.63, 3.8) is 0 Å². The van der Waals surface area contributed by atoms with Gasteiger partial charge in [-0.1, -0.05) is 30.3 Å². The van der Waals surface area contributed by atoms with Gasteiger partial charge in [0.05, 0.1) is 0 Å². The van der Waals surface area contributed by atoms with Gasteiger partial charge in [-0.15, -0.1) is 0 Å². The van der Waals surface area contributed by atoms with Crippen LogP contribution in [-0.2, 0) is 20.8 Å². The standard InChI is InChI=1S/C12H13NO5/c1-8(14)13-12(10(15)16,11(17)18)7-9-5-3-2-4-6-9/h2-6H,7H2,1H3,(H,13,14)(H,15,16)(H,17,18). The predicted molar refractivity (Wildman–Crippen MR) is 62.0 cm³/mol. The molecular formula is C12H13NO5.